The normalized spacial score (nSPS) is 15.8. The van der Waals surface area contributed by atoms with Crippen molar-refractivity contribution in [2.45, 2.75) is 6.92 Å². The predicted octanol–water partition coefficient (Wildman–Crippen LogP) is 3.28. The molecule has 0 radical (unpaired) electrons. The van der Waals surface area contributed by atoms with Crippen LogP contribution in [0.4, 0.5) is 5.69 Å². The monoisotopic (exact) mass is 429 g/mol. The van der Waals surface area contributed by atoms with Crippen LogP contribution >= 0.6 is 11.3 Å². The van der Waals surface area contributed by atoms with E-state index in [-0.39, 0.29) is 0 Å². The fraction of sp³-hybridized carbons (Fsp3) is 0.286. The summed E-state index contributed by atoms with van der Waals surface area (Å²) in [4.78, 5) is 28.9. The van der Waals surface area contributed by atoms with Gasteiger partial charge in [-0.3, -0.25) is 0 Å². The Morgan fingerprint density at radius 3 is 2.37 bits per heavy atom. The first-order valence-corrected chi connectivity index (χ1v) is 10.5. The van der Waals surface area contributed by atoms with Crippen molar-refractivity contribution in [3.63, 3.8) is 0 Å². The summed E-state index contributed by atoms with van der Waals surface area (Å²) in [6.07, 6.45) is 1.12. The van der Waals surface area contributed by atoms with Gasteiger partial charge in [-0.1, -0.05) is 19.1 Å². The predicted molar refractivity (Wildman–Crippen MR) is 115 cm³/mol. The zero-order valence-electron chi connectivity index (χ0n) is 16.5. The third kappa shape index (κ3) is 5.46. The maximum Gasteiger partial charge on any atom is 0.328 e. The number of nitrogens with zero attached hydrogens (tertiary/aromatic N) is 3. The Bertz CT molecular complexity index is 945. The number of carboxylic acid groups (broad SMARTS) is 2. The number of piperazine rings is 1. The molecule has 2 aromatic rings. The van der Waals surface area contributed by atoms with Crippen LogP contribution < -0.4 is 4.74 Å². The van der Waals surface area contributed by atoms with Gasteiger partial charge in [-0.05, 0) is 18.7 Å². The lowest BCUT2D eigenvalue weighted by Gasteiger charge is -2.35. The molecule has 0 amide bonds. The summed E-state index contributed by atoms with van der Waals surface area (Å²) in [6.45, 7) is 7.57. The highest BCUT2D eigenvalue weighted by Crippen LogP contribution is 2.39. The van der Waals surface area contributed by atoms with Gasteiger partial charge in [0, 0.05) is 49.1 Å². The molecule has 158 valence electrons. The van der Waals surface area contributed by atoms with E-state index in [9.17, 15) is 9.59 Å². The highest BCUT2D eigenvalue weighted by molar-refractivity contribution is 7.08. The third-order valence-electron chi connectivity index (χ3n) is 4.67. The van der Waals surface area contributed by atoms with Gasteiger partial charge in [0.2, 0.25) is 0 Å². The second-order valence-corrected chi connectivity index (χ2v) is 7.33. The first-order chi connectivity index (χ1) is 14.5. The number of carbonyl (C=O) groups is 2. The molecule has 0 atom stereocenters. The fourth-order valence-electron chi connectivity index (χ4n) is 3.12. The van der Waals surface area contributed by atoms with Gasteiger partial charge >= 0.3 is 11.9 Å². The van der Waals surface area contributed by atoms with Crippen LogP contribution in [0.25, 0.3) is 0 Å². The minimum Gasteiger partial charge on any atom is -0.478 e. The average Bonchev–Trinajstić information content (AvgIpc) is 3.14. The van der Waals surface area contributed by atoms with E-state index in [1.54, 1.807) is 11.3 Å². The largest absolute Gasteiger partial charge is 0.478 e. The van der Waals surface area contributed by atoms with Gasteiger partial charge in [0.05, 0.1) is 5.56 Å². The van der Waals surface area contributed by atoms with Gasteiger partial charge in [0.1, 0.15) is 17.3 Å². The molecule has 30 heavy (non-hydrogen) atoms. The lowest BCUT2D eigenvalue weighted by Crippen LogP contribution is -2.48. The summed E-state index contributed by atoms with van der Waals surface area (Å²) in [5.41, 5.74) is 2.03. The Balaban J connectivity index is 0.000000275. The van der Waals surface area contributed by atoms with Crippen LogP contribution in [0.15, 0.2) is 52.2 Å². The summed E-state index contributed by atoms with van der Waals surface area (Å²) < 4.78 is 6.06. The first kappa shape index (κ1) is 21.5. The number of amidine groups is 1. The van der Waals surface area contributed by atoms with E-state index in [1.807, 2.05) is 24.3 Å². The molecule has 0 bridgehead atoms. The standard InChI is InChI=1S/C17H19N3OS.C4H4O4/c1-2-19-7-9-20(10-8-19)17-13-11-22-12-16(13)21-15-6-4-3-5-14(15)18-17;5-3(6)1-2-4(7)8/h3-6,11-12H,2,7-10H2,1H3;1-2H,(H,5,6)(H,7,8). The Morgan fingerprint density at radius 2 is 1.73 bits per heavy atom. The summed E-state index contributed by atoms with van der Waals surface area (Å²) >= 11 is 1.67. The summed E-state index contributed by atoms with van der Waals surface area (Å²) in [7, 11) is 0. The average molecular weight is 429 g/mol. The van der Waals surface area contributed by atoms with Crippen LogP contribution in [0.2, 0.25) is 0 Å². The van der Waals surface area contributed by atoms with Crippen LogP contribution in [0.5, 0.6) is 11.5 Å². The van der Waals surface area contributed by atoms with Crippen molar-refractivity contribution in [2.24, 2.45) is 4.99 Å². The number of fused-ring (bicyclic) bond motifs is 2. The zero-order valence-corrected chi connectivity index (χ0v) is 17.3. The molecule has 0 saturated carbocycles. The van der Waals surface area contributed by atoms with Crippen molar-refractivity contribution in [1.82, 2.24) is 9.80 Å². The molecule has 1 saturated heterocycles. The molecule has 0 unspecified atom stereocenters. The van der Waals surface area contributed by atoms with E-state index >= 15 is 0 Å². The van der Waals surface area contributed by atoms with Gasteiger partial charge in [-0.15, -0.1) is 11.3 Å². The molecule has 2 N–H and O–H groups in total. The molecular formula is C21H23N3O5S. The van der Waals surface area contributed by atoms with Crippen molar-refractivity contribution in [3.8, 4) is 11.5 Å². The molecule has 2 aliphatic heterocycles. The Hall–Kier alpha value is -3.17. The second kappa shape index (κ2) is 10.0. The number of aliphatic carboxylic acids is 2. The quantitative estimate of drug-likeness (QED) is 0.722. The van der Waals surface area contributed by atoms with Gasteiger partial charge in [0.25, 0.3) is 0 Å². The molecule has 4 rings (SSSR count). The number of hydrogen-bond acceptors (Lipinski definition) is 7. The van der Waals surface area contributed by atoms with Crippen molar-refractivity contribution < 1.29 is 24.5 Å². The summed E-state index contributed by atoms with van der Waals surface area (Å²) in [5.74, 6) is 0.299. The summed E-state index contributed by atoms with van der Waals surface area (Å²) in [5, 5.41) is 19.8. The van der Waals surface area contributed by atoms with Crippen molar-refractivity contribution in [2.75, 3.05) is 32.7 Å². The highest BCUT2D eigenvalue weighted by Gasteiger charge is 2.25. The molecule has 2 aliphatic rings. The Kier molecular flexibility index (Phi) is 7.21. The van der Waals surface area contributed by atoms with Crippen molar-refractivity contribution in [3.05, 3.63) is 52.7 Å². The van der Waals surface area contributed by atoms with Gasteiger partial charge in [-0.2, -0.15) is 0 Å². The fourth-order valence-corrected chi connectivity index (χ4v) is 3.84. The van der Waals surface area contributed by atoms with E-state index in [2.05, 4.69) is 27.5 Å². The molecule has 9 heteroatoms. The number of likely N-dealkylation sites (N-methyl/N-ethyl adjacent to an activating group) is 1. The molecule has 8 nitrogen and oxygen atoms in total. The molecule has 1 fully saturated rings. The molecular weight excluding hydrogens is 406 g/mol. The first-order valence-electron chi connectivity index (χ1n) is 9.51. The van der Waals surface area contributed by atoms with E-state index in [0.717, 1.165) is 61.3 Å². The molecule has 0 spiro atoms. The Morgan fingerprint density at radius 1 is 1.07 bits per heavy atom. The number of thiophene rings is 1. The Labute approximate surface area is 178 Å². The van der Waals surface area contributed by atoms with E-state index in [1.165, 1.54) is 0 Å². The number of rotatable bonds is 3. The smallest absolute Gasteiger partial charge is 0.328 e. The van der Waals surface area contributed by atoms with Gasteiger partial charge in [0.15, 0.2) is 5.75 Å². The molecule has 1 aromatic carbocycles. The molecule has 0 aliphatic carbocycles. The topological polar surface area (TPSA) is 103 Å². The lowest BCUT2D eigenvalue weighted by atomic mass is 10.2. The number of aliphatic imine (C=N–C) groups is 1. The minimum atomic E-state index is -1.26. The number of para-hydroxylation sites is 2. The van der Waals surface area contributed by atoms with Crippen LogP contribution in [-0.4, -0.2) is 70.5 Å². The molecule has 1 aromatic heterocycles. The number of benzene rings is 1. The highest BCUT2D eigenvalue weighted by atomic mass is 32.1. The van der Waals surface area contributed by atoms with Crippen molar-refractivity contribution in [1.29, 1.82) is 0 Å². The van der Waals surface area contributed by atoms with Crippen LogP contribution in [-0.2, 0) is 9.59 Å². The number of carboxylic acids is 2. The van der Waals surface area contributed by atoms with E-state index in [0.29, 0.717) is 12.2 Å². The van der Waals surface area contributed by atoms with E-state index in [4.69, 9.17) is 19.9 Å². The SMILES string of the molecule is CCN1CCN(C2=Nc3ccccc3Oc3cscc32)CC1.O=C(O)C=CC(=O)O. The minimum absolute atomic E-state index is 0.558. The van der Waals surface area contributed by atoms with Crippen LogP contribution in [0.3, 0.4) is 0 Å². The maximum absolute atomic E-state index is 9.55. The third-order valence-corrected chi connectivity index (χ3v) is 5.39. The summed E-state index contributed by atoms with van der Waals surface area (Å²) in [6, 6.07) is 8.01. The molecule has 3 heterocycles. The van der Waals surface area contributed by atoms with E-state index < -0.39 is 11.9 Å². The van der Waals surface area contributed by atoms with Gasteiger partial charge < -0.3 is 24.7 Å². The number of hydrogen-bond donors (Lipinski definition) is 2. The van der Waals surface area contributed by atoms with Crippen LogP contribution in [0.1, 0.15) is 12.5 Å². The second-order valence-electron chi connectivity index (χ2n) is 6.59. The maximum atomic E-state index is 9.55. The van der Waals surface area contributed by atoms with Crippen LogP contribution in [0, 0.1) is 0 Å². The van der Waals surface area contributed by atoms with Gasteiger partial charge in [-0.25, -0.2) is 14.6 Å². The lowest BCUT2D eigenvalue weighted by molar-refractivity contribution is -0.134. The van der Waals surface area contributed by atoms with Crippen molar-refractivity contribution >= 4 is 34.8 Å². The number of ether oxygens (including phenoxy) is 1. The zero-order chi connectivity index (χ0) is 21.5.